The molecule has 0 aliphatic heterocycles. The summed E-state index contributed by atoms with van der Waals surface area (Å²) in [6.07, 6.45) is 9.95. The Bertz CT molecular complexity index is 490. The summed E-state index contributed by atoms with van der Waals surface area (Å²) in [5.41, 5.74) is 0.377. The second-order valence-corrected chi connectivity index (χ2v) is 7.19. The van der Waals surface area contributed by atoms with E-state index in [0.717, 1.165) is 18.9 Å². The first-order valence-electron chi connectivity index (χ1n) is 7.80. The van der Waals surface area contributed by atoms with E-state index in [1.54, 1.807) is 0 Å². The van der Waals surface area contributed by atoms with Crippen molar-refractivity contribution in [1.29, 1.82) is 0 Å². The van der Waals surface area contributed by atoms with E-state index >= 15 is 0 Å². The lowest BCUT2D eigenvalue weighted by atomic mass is 9.82. The molecule has 0 aromatic heterocycles. The smallest absolute Gasteiger partial charge is 0.307 e. The van der Waals surface area contributed by atoms with Gasteiger partial charge < -0.3 is 10.4 Å². The highest BCUT2D eigenvalue weighted by Gasteiger charge is 2.55. The Kier molecular flexibility index (Phi) is 2.54. The van der Waals surface area contributed by atoms with Crippen molar-refractivity contribution in [2.75, 3.05) is 6.54 Å². The number of carbonyl (C=O) groups excluding carboxylic acids is 1. The van der Waals surface area contributed by atoms with Crippen LogP contribution in [0.3, 0.4) is 0 Å². The van der Waals surface area contributed by atoms with Gasteiger partial charge in [0.25, 0.3) is 0 Å². The third kappa shape index (κ3) is 1.80. The highest BCUT2D eigenvalue weighted by atomic mass is 16.4. The van der Waals surface area contributed by atoms with Crippen molar-refractivity contribution in [1.82, 2.24) is 5.32 Å². The zero-order chi connectivity index (χ0) is 13.9. The van der Waals surface area contributed by atoms with Crippen molar-refractivity contribution in [3.63, 3.8) is 0 Å². The lowest BCUT2D eigenvalue weighted by Crippen LogP contribution is -2.42. The van der Waals surface area contributed by atoms with Gasteiger partial charge in [-0.25, -0.2) is 0 Å². The fourth-order valence-corrected chi connectivity index (χ4v) is 4.48. The Labute approximate surface area is 118 Å². The molecule has 4 atom stereocenters. The predicted molar refractivity (Wildman–Crippen MR) is 72.8 cm³/mol. The fourth-order valence-electron chi connectivity index (χ4n) is 4.48. The van der Waals surface area contributed by atoms with Crippen molar-refractivity contribution in [2.24, 2.45) is 35.0 Å². The summed E-state index contributed by atoms with van der Waals surface area (Å²) < 4.78 is 0. The summed E-state index contributed by atoms with van der Waals surface area (Å²) in [5.74, 6) is -0.688. The van der Waals surface area contributed by atoms with Gasteiger partial charge in [-0.2, -0.15) is 0 Å². The van der Waals surface area contributed by atoms with E-state index in [1.807, 2.05) is 12.2 Å². The number of amides is 1. The summed E-state index contributed by atoms with van der Waals surface area (Å²) in [6, 6.07) is 0. The zero-order valence-electron chi connectivity index (χ0n) is 11.5. The Morgan fingerprint density at radius 2 is 1.80 bits per heavy atom. The van der Waals surface area contributed by atoms with Gasteiger partial charge in [0, 0.05) is 6.54 Å². The molecular formula is C16H21NO3. The summed E-state index contributed by atoms with van der Waals surface area (Å²) in [5, 5.41) is 12.5. The van der Waals surface area contributed by atoms with Gasteiger partial charge in [-0.3, -0.25) is 9.59 Å². The molecule has 4 nitrogen and oxygen atoms in total. The molecule has 2 bridgehead atoms. The number of carbonyl (C=O) groups is 2. The van der Waals surface area contributed by atoms with E-state index in [0.29, 0.717) is 5.41 Å². The molecule has 1 amide bonds. The maximum absolute atomic E-state index is 12.5. The summed E-state index contributed by atoms with van der Waals surface area (Å²) >= 11 is 0. The molecular weight excluding hydrogens is 254 g/mol. The predicted octanol–water partition coefficient (Wildman–Crippen LogP) is 1.82. The number of rotatable bonds is 5. The van der Waals surface area contributed by atoms with Crippen molar-refractivity contribution < 1.29 is 14.7 Å². The second kappa shape index (κ2) is 4.09. The van der Waals surface area contributed by atoms with Crippen molar-refractivity contribution in [3.05, 3.63) is 12.2 Å². The monoisotopic (exact) mass is 275 g/mol. The van der Waals surface area contributed by atoms with Crippen LogP contribution in [0.4, 0.5) is 0 Å². The van der Waals surface area contributed by atoms with Crippen molar-refractivity contribution >= 4 is 11.9 Å². The Hall–Kier alpha value is -1.32. The number of fused-ring (bicyclic) bond motifs is 2. The number of hydrogen-bond acceptors (Lipinski definition) is 2. The molecule has 0 aromatic carbocycles. The van der Waals surface area contributed by atoms with E-state index in [9.17, 15) is 14.7 Å². The van der Waals surface area contributed by atoms with Crippen LogP contribution in [0, 0.1) is 35.0 Å². The minimum Gasteiger partial charge on any atom is -0.481 e. The zero-order valence-corrected chi connectivity index (χ0v) is 11.5. The van der Waals surface area contributed by atoms with Crippen LogP contribution in [-0.2, 0) is 9.59 Å². The van der Waals surface area contributed by atoms with Crippen LogP contribution in [0.1, 0.15) is 32.1 Å². The van der Waals surface area contributed by atoms with Crippen LogP contribution in [-0.4, -0.2) is 23.5 Å². The minimum absolute atomic E-state index is 0.0267. The molecule has 4 aliphatic rings. The van der Waals surface area contributed by atoms with E-state index < -0.39 is 11.9 Å². The minimum atomic E-state index is -0.815. The van der Waals surface area contributed by atoms with Crippen molar-refractivity contribution in [3.8, 4) is 0 Å². The molecule has 4 rings (SSSR count). The molecule has 3 saturated carbocycles. The normalized spacial score (nSPS) is 39.8. The van der Waals surface area contributed by atoms with Crippen LogP contribution < -0.4 is 5.32 Å². The maximum Gasteiger partial charge on any atom is 0.307 e. The first-order chi connectivity index (χ1) is 9.61. The second-order valence-electron chi connectivity index (χ2n) is 7.19. The summed E-state index contributed by atoms with van der Waals surface area (Å²) in [6.45, 7) is 0.764. The molecule has 0 saturated heterocycles. The Balaban J connectivity index is 1.42. The third-order valence-electron chi connectivity index (χ3n) is 6.00. The van der Waals surface area contributed by atoms with Gasteiger partial charge in [0.1, 0.15) is 0 Å². The lowest BCUT2D eigenvalue weighted by Gasteiger charge is -2.25. The topological polar surface area (TPSA) is 66.4 Å². The van der Waals surface area contributed by atoms with Gasteiger partial charge in [-0.05, 0) is 55.3 Å². The maximum atomic E-state index is 12.5. The molecule has 20 heavy (non-hydrogen) atoms. The number of carboxylic acids is 1. The highest BCUT2D eigenvalue weighted by Crippen LogP contribution is 2.61. The number of allylic oxidation sites excluding steroid dienone is 2. The lowest BCUT2D eigenvalue weighted by molar-refractivity contribution is -0.147. The molecule has 4 heteroatoms. The molecule has 108 valence electrons. The van der Waals surface area contributed by atoms with Crippen LogP contribution in [0.15, 0.2) is 12.2 Å². The quantitative estimate of drug-likeness (QED) is 0.752. The average molecular weight is 275 g/mol. The van der Waals surface area contributed by atoms with Crippen molar-refractivity contribution in [2.45, 2.75) is 32.1 Å². The van der Waals surface area contributed by atoms with Gasteiger partial charge in [0.05, 0.1) is 11.8 Å². The van der Waals surface area contributed by atoms with E-state index in [4.69, 9.17) is 0 Å². The molecule has 2 unspecified atom stereocenters. The van der Waals surface area contributed by atoms with Crippen LogP contribution >= 0.6 is 0 Å². The highest BCUT2D eigenvalue weighted by molar-refractivity contribution is 5.86. The molecule has 0 heterocycles. The van der Waals surface area contributed by atoms with Crippen LogP contribution in [0.25, 0.3) is 0 Å². The van der Waals surface area contributed by atoms with E-state index in [1.165, 1.54) is 25.7 Å². The Morgan fingerprint density at radius 1 is 1.15 bits per heavy atom. The molecule has 2 N–H and O–H groups in total. The van der Waals surface area contributed by atoms with Gasteiger partial charge >= 0.3 is 5.97 Å². The van der Waals surface area contributed by atoms with Crippen LogP contribution in [0.2, 0.25) is 0 Å². The SMILES string of the molecule is O=C(O)[C@@H]1C2C=CC(C2)[C@@H]1C(=O)NCC1(C2CC2)CC1. The first kappa shape index (κ1) is 12.4. The van der Waals surface area contributed by atoms with E-state index in [-0.39, 0.29) is 23.7 Å². The number of carboxylic acid groups (broad SMARTS) is 1. The first-order valence-corrected chi connectivity index (χ1v) is 7.80. The fraction of sp³-hybridized carbons (Fsp3) is 0.750. The number of nitrogens with one attached hydrogen (secondary N) is 1. The number of aliphatic carboxylic acids is 1. The molecule has 4 aliphatic carbocycles. The van der Waals surface area contributed by atoms with Gasteiger partial charge in [0.2, 0.25) is 5.91 Å². The largest absolute Gasteiger partial charge is 0.481 e. The molecule has 3 fully saturated rings. The standard InChI is InChI=1S/C16H21NO3/c18-14(17-8-16(5-6-16)11-3-4-11)12-9-1-2-10(7-9)13(12)15(19)20/h1-2,9-13H,3-8H2,(H,17,18)(H,19,20)/t9?,10?,12-,13+/m0/s1. The van der Waals surface area contributed by atoms with E-state index in [2.05, 4.69) is 5.32 Å². The molecule has 0 radical (unpaired) electrons. The third-order valence-corrected chi connectivity index (χ3v) is 6.00. The Morgan fingerprint density at radius 3 is 2.35 bits per heavy atom. The summed E-state index contributed by atoms with van der Waals surface area (Å²) in [4.78, 5) is 23.9. The van der Waals surface area contributed by atoms with Gasteiger partial charge in [-0.15, -0.1) is 0 Å². The van der Waals surface area contributed by atoms with Gasteiger partial charge in [0.15, 0.2) is 0 Å². The average Bonchev–Trinajstić information content (AvgIpc) is 3.33. The van der Waals surface area contributed by atoms with Crippen LogP contribution in [0.5, 0.6) is 0 Å². The molecule has 0 spiro atoms. The van der Waals surface area contributed by atoms with Gasteiger partial charge in [-0.1, -0.05) is 12.2 Å². The molecule has 0 aromatic rings. The summed E-state index contributed by atoms with van der Waals surface area (Å²) in [7, 11) is 0. The number of hydrogen-bond donors (Lipinski definition) is 2.